The van der Waals surface area contributed by atoms with Crippen LogP contribution in [-0.2, 0) is 9.84 Å². The molecule has 1 aliphatic carbocycles. The summed E-state index contributed by atoms with van der Waals surface area (Å²) in [5, 5.41) is 2.81. The molecule has 7 nitrogen and oxygen atoms in total. The van der Waals surface area contributed by atoms with Gasteiger partial charge in [-0.2, -0.15) is 0 Å². The number of ether oxygens (including phenoxy) is 1. The third-order valence-corrected chi connectivity index (χ3v) is 5.32. The van der Waals surface area contributed by atoms with Crippen LogP contribution in [-0.4, -0.2) is 37.3 Å². The highest BCUT2D eigenvalue weighted by Gasteiger charge is 2.29. The fourth-order valence-corrected chi connectivity index (χ4v) is 3.68. The van der Waals surface area contributed by atoms with E-state index in [4.69, 9.17) is 4.74 Å². The molecule has 132 valence electrons. The number of carbonyl (C=O) groups is 1. The van der Waals surface area contributed by atoms with Crippen molar-refractivity contribution in [1.82, 2.24) is 9.78 Å². The van der Waals surface area contributed by atoms with Crippen molar-refractivity contribution < 1.29 is 17.9 Å². The number of carbonyl (C=O) groups excluding carboxylic acids is 1. The Labute approximate surface area is 144 Å². The number of H-pyrrole nitrogens is 1. The highest BCUT2D eigenvalue weighted by Crippen LogP contribution is 2.34. The quantitative estimate of drug-likeness (QED) is 0.790. The van der Waals surface area contributed by atoms with Gasteiger partial charge in [-0.3, -0.25) is 9.59 Å². The minimum atomic E-state index is -3.53. The van der Waals surface area contributed by atoms with Crippen LogP contribution in [0.15, 0.2) is 34.6 Å². The standard InChI is InChI=1S/C17H18N2O5S/c1-4-11-14(25(3,22)23)8-7-12(16(11)24-2)15(20)13-9-18-19(17(13)21)10-5-6-10/h4,7-10,18H,1,5-6H2,2-3H3. The van der Waals surface area contributed by atoms with E-state index in [0.717, 1.165) is 19.1 Å². The molecule has 1 aromatic heterocycles. The van der Waals surface area contributed by atoms with Gasteiger partial charge in [0.1, 0.15) is 11.3 Å². The predicted octanol–water partition coefficient (Wildman–Crippen LogP) is 1.80. The molecular weight excluding hydrogens is 344 g/mol. The number of aromatic nitrogens is 2. The van der Waals surface area contributed by atoms with E-state index in [-0.39, 0.29) is 38.9 Å². The number of nitrogens with zero attached hydrogens (tertiary/aromatic N) is 1. The topological polar surface area (TPSA) is 98.2 Å². The summed E-state index contributed by atoms with van der Waals surface area (Å²) in [4.78, 5) is 25.2. The zero-order chi connectivity index (χ0) is 18.4. The maximum absolute atomic E-state index is 12.8. The predicted molar refractivity (Wildman–Crippen MR) is 93.0 cm³/mol. The number of sulfone groups is 1. The number of benzene rings is 1. The zero-order valence-electron chi connectivity index (χ0n) is 13.9. The highest BCUT2D eigenvalue weighted by molar-refractivity contribution is 7.90. The lowest BCUT2D eigenvalue weighted by molar-refractivity contribution is 0.103. The van der Waals surface area contributed by atoms with Gasteiger partial charge in [-0.25, -0.2) is 13.1 Å². The van der Waals surface area contributed by atoms with E-state index in [0.29, 0.717) is 0 Å². The van der Waals surface area contributed by atoms with Gasteiger partial charge in [0.25, 0.3) is 5.56 Å². The Morgan fingerprint density at radius 2 is 2.04 bits per heavy atom. The van der Waals surface area contributed by atoms with Crippen molar-refractivity contribution in [2.45, 2.75) is 23.8 Å². The molecule has 8 heteroatoms. The number of aromatic amines is 1. The van der Waals surface area contributed by atoms with Crippen molar-refractivity contribution >= 4 is 21.7 Å². The molecule has 0 aliphatic heterocycles. The molecule has 0 bridgehead atoms. The summed E-state index contributed by atoms with van der Waals surface area (Å²) < 4.78 is 30.6. The first-order chi connectivity index (χ1) is 11.8. The Hall–Kier alpha value is -2.61. The number of ketones is 1. The maximum Gasteiger partial charge on any atom is 0.277 e. The van der Waals surface area contributed by atoms with Crippen molar-refractivity contribution in [1.29, 1.82) is 0 Å². The lowest BCUT2D eigenvalue weighted by atomic mass is 10.0. The monoisotopic (exact) mass is 362 g/mol. The van der Waals surface area contributed by atoms with E-state index in [1.165, 1.54) is 36.2 Å². The molecule has 1 fully saturated rings. The van der Waals surface area contributed by atoms with E-state index in [1.54, 1.807) is 0 Å². The van der Waals surface area contributed by atoms with E-state index in [2.05, 4.69) is 11.7 Å². The van der Waals surface area contributed by atoms with Crippen molar-refractivity contribution in [2.24, 2.45) is 0 Å². The molecule has 0 unspecified atom stereocenters. The van der Waals surface area contributed by atoms with Crippen LogP contribution >= 0.6 is 0 Å². The first kappa shape index (κ1) is 17.2. The van der Waals surface area contributed by atoms with Crippen molar-refractivity contribution in [3.63, 3.8) is 0 Å². The molecule has 1 aliphatic rings. The molecule has 3 rings (SSSR count). The molecule has 1 N–H and O–H groups in total. The van der Waals surface area contributed by atoms with Crippen LogP contribution in [0.3, 0.4) is 0 Å². The average molecular weight is 362 g/mol. The second-order valence-corrected chi connectivity index (χ2v) is 7.94. The van der Waals surface area contributed by atoms with E-state index in [1.807, 2.05) is 0 Å². The Morgan fingerprint density at radius 1 is 1.36 bits per heavy atom. The maximum atomic E-state index is 12.8. The Balaban J connectivity index is 2.15. The summed E-state index contributed by atoms with van der Waals surface area (Å²) in [6.07, 6.45) is 5.57. The molecule has 0 atom stereocenters. The molecule has 0 spiro atoms. The largest absolute Gasteiger partial charge is 0.495 e. The molecular formula is C17H18N2O5S. The van der Waals surface area contributed by atoms with Crippen LogP contribution < -0.4 is 10.3 Å². The Morgan fingerprint density at radius 3 is 2.56 bits per heavy atom. The molecule has 1 aromatic carbocycles. The van der Waals surface area contributed by atoms with Crippen LogP contribution in [0.4, 0.5) is 0 Å². The minimum absolute atomic E-state index is 0.00711. The van der Waals surface area contributed by atoms with Crippen LogP contribution in [0, 0.1) is 0 Å². The van der Waals surface area contributed by atoms with Gasteiger partial charge in [0.2, 0.25) is 5.78 Å². The smallest absolute Gasteiger partial charge is 0.277 e. The fourth-order valence-electron chi connectivity index (χ4n) is 2.79. The number of hydrogen-bond acceptors (Lipinski definition) is 5. The van der Waals surface area contributed by atoms with Crippen LogP contribution in [0.5, 0.6) is 5.75 Å². The summed E-state index contributed by atoms with van der Waals surface area (Å²) in [6, 6.07) is 2.80. The lowest BCUT2D eigenvalue weighted by Crippen LogP contribution is -2.21. The summed E-state index contributed by atoms with van der Waals surface area (Å²) >= 11 is 0. The van der Waals surface area contributed by atoms with Gasteiger partial charge >= 0.3 is 0 Å². The average Bonchev–Trinajstić information content (AvgIpc) is 3.34. The lowest BCUT2D eigenvalue weighted by Gasteiger charge is -2.13. The van der Waals surface area contributed by atoms with E-state index >= 15 is 0 Å². The first-order valence-electron chi connectivity index (χ1n) is 7.67. The minimum Gasteiger partial charge on any atom is -0.495 e. The summed E-state index contributed by atoms with van der Waals surface area (Å²) in [5.74, 6) is -0.442. The number of hydrogen-bond donors (Lipinski definition) is 1. The second kappa shape index (κ2) is 6.03. The van der Waals surface area contributed by atoms with Gasteiger partial charge < -0.3 is 9.84 Å². The normalized spacial score (nSPS) is 14.3. The van der Waals surface area contributed by atoms with Gasteiger partial charge in [0.05, 0.1) is 23.6 Å². The molecule has 1 saturated carbocycles. The molecule has 0 radical (unpaired) electrons. The third kappa shape index (κ3) is 2.93. The highest BCUT2D eigenvalue weighted by atomic mass is 32.2. The Kier molecular flexibility index (Phi) is 4.16. The van der Waals surface area contributed by atoms with Gasteiger partial charge in [0.15, 0.2) is 9.84 Å². The number of methoxy groups -OCH3 is 1. The van der Waals surface area contributed by atoms with E-state index in [9.17, 15) is 18.0 Å². The van der Waals surface area contributed by atoms with Gasteiger partial charge in [-0.15, -0.1) is 0 Å². The zero-order valence-corrected chi connectivity index (χ0v) is 14.7. The summed E-state index contributed by atoms with van der Waals surface area (Å²) in [6.45, 7) is 3.61. The molecule has 1 heterocycles. The van der Waals surface area contributed by atoms with Crippen LogP contribution in [0.25, 0.3) is 6.08 Å². The van der Waals surface area contributed by atoms with Gasteiger partial charge in [-0.1, -0.05) is 12.7 Å². The Bertz CT molecular complexity index is 1030. The number of nitrogens with one attached hydrogen (secondary N) is 1. The second-order valence-electron chi connectivity index (χ2n) is 5.96. The third-order valence-electron chi connectivity index (χ3n) is 4.16. The van der Waals surface area contributed by atoms with Gasteiger partial charge in [0, 0.05) is 18.0 Å². The van der Waals surface area contributed by atoms with Crippen molar-refractivity contribution in [3.8, 4) is 5.75 Å². The summed E-state index contributed by atoms with van der Waals surface area (Å²) in [5.41, 5.74) is -0.0769. The van der Waals surface area contributed by atoms with Gasteiger partial charge in [-0.05, 0) is 25.0 Å². The summed E-state index contributed by atoms with van der Waals surface area (Å²) in [7, 11) is -2.19. The molecule has 25 heavy (non-hydrogen) atoms. The fraction of sp³-hybridized carbons (Fsp3) is 0.294. The SMILES string of the molecule is C=Cc1c(S(C)(=O)=O)ccc(C(=O)c2c[nH]n(C3CC3)c2=O)c1OC. The molecule has 0 saturated heterocycles. The molecule has 0 amide bonds. The van der Waals surface area contributed by atoms with Crippen LogP contribution in [0.2, 0.25) is 0 Å². The molecule has 2 aromatic rings. The first-order valence-corrected chi connectivity index (χ1v) is 9.56. The van der Waals surface area contributed by atoms with Crippen LogP contribution in [0.1, 0.15) is 40.4 Å². The number of rotatable bonds is 6. The van der Waals surface area contributed by atoms with Crippen molar-refractivity contribution in [3.05, 3.63) is 52.0 Å². The van der Waals surface area contributed by atoms with Crippen molar-refractivity contribution in [2.75, 3.05) is 13.4 Å². The van der Waals surface area contributed by atoms with E-state index < -0.39 is 15.6 Å².